The van der Waals surface area contributed by atoms with E-state index in [1.54, 1.807) is 16.7 Å². The lowest BCUT2D eigenvalue weighted by molar-refractivity contribution is -0.139. The third-order valence-corrected chi connectivity index (χ3v) is 6.17. The molecule has 0 fully saturated rings. The van der Waals surface area contributed by atoms with Gasteiger partial charge in [0.25, 0.3) is 0 Å². The zero-order chi connectivity index (χ0) is 21.9. The predicted octanol–water partition coefficient (Wildman–Crippen LogP) is 5.22. The molecule has 1 atom stereocenters. The highest BCUT2D eigenvalue weighted by molar-refractivity contribution is 7.99. The highest BCUT2D eigenvalue weighted by Crippen LogP contribution is 2.21. The first-order valence-electron chi connectivity index (χ1n) is 10.4. The number of benzene rings is 2. The fourth-order valence-corrected chi connectivity index (χ4v) is 4.29. The van der Waals surface area contributed by atoms with Gasteiger partial charge in [0.15, 0.2) is 0 Å². The average molecular weight is 447 g/mol. The van der Waals surface area contributed by atoms with Gasteiger partial charge in [-0.3, -0.25) is 9.59 Å². The zero-order valence-electron chi connectivity index (χ0n) is 18.0. The molecule has 0 radical (unpaired) electrons. The van der Waals surface area contributed by atoms with Crippen LogP contribution in [0.15, 0.2) is 48.5 Å². The van der Waals surface area contributed by atoms with Gasteiger partial charge in [-0.05, 0) is 37.0 Å². The maximum atomic E-state index is 13.2. The molecule has 2 aromatic carbocycles. The summed E-state index contributed by atoms with van der Waals surface area (Å²) >= 11 is 7.91. The third-order valence-electron chi connectivity index (χ3n) is 4.81. The van der Waals surface area contributed by atoms with E-state index in [0.29, 0.717) is 30.3 Å². The molecule has 2 rings (SSSR count). The Morgan fingerprint density at radius 2 is 1.90 bits per heavy atom. The minimum atomic E-state index is -0.514. The summed E-state index contributed by atoms with van der Waals surface area (Å²) in [6.07, 6.45) is 1.40. The van der Waals surface area contributed by atoms with Crippen molar-refractivity contribution in [1.82, 2.24) is 10.2 Å². The van der Waals surface area contributed by atoms with Gasteiger partial charge in [-0.25, -0.2) is 0 Å². The van der Waals surface area contributed by atoms with Crippen LogP contribution in [0, 0.1) is 6.92 Å². The summed E-state index contributed by atoms with van der Waals surface area (Å²) < 4.78 is 0. The Hall–Kier alpha value is -1.98. The predicted molar refractivity (Wildman–Crippen MR) is 127 cm³/mol. The maximum Gasteiger partial charge on any atom is 0.242 e. The summed E-state index contributed by atoms with van der Waals surface area (Å²) in [4.78, 5) is 27.6. The van der Waals surface area contributed by atoms with Gasteiger partial charge in [0.2, 0.25) is 11.8 Å². The Balaban J connectivity index is 2.12. The molecule has 0 saturated carbocycles. The number of carbonyl (C=O) groups is 2. The number of nitrogens with one attached hydrogen (secondary N) is 1. The van der Waals surface area contributed by atoms with Crippen LogP contribution in [0.25, 0.3) is 0 Å². The van der Waals surface area contributed by atoms with Crippen molar-refractivity contribution < 1.29 is 9.59 Å². The molecule has 0 unspecified atom stereocenters. The van der Waals surface area contributed by atoms with Gasteiger partial charge in [0, 0.05) is 23.9 Å². The van der Waals surface area contributed by atoms with Gasteiger partial charge in [-0.15, -0.1) is 11.8 Å². The summed E-state index contributed by atoms with van der Waals surface area (Å²) in [6, 6.07) is 15.2. The van der Waals surface area contributed by atoms with Crippen molar-refractivity contribution >= 4 is 35.2 Å². The summed E-state index contributed by atoms with van der Waals surface area (Å²) in [5, 5.41) is 3.54. The highest BCUT2D eigenvalue weighted by atomic mass is 35.5. The molecule has 2 aromatic rings. The van der Waals surface area contributed by atoms with Crippen LogP contribution in [0.4, 0.5) is 0 Å². The van der Waals surface area contributed by atoms with Gasteiger partial charge in [-0.2, -0.15) is 0 Å². The van der Waals surface area contributed by atoms with E-state index < -0.39 is 6.04 Å². The minimum Gasteiger partial charge on any atom is -0.354 e. The Labute approximate surface area is 189 Å². The van der Waals surface area contributed by atoms with E-state index in [9.17, 15) is 9.59 Å². The normalized spacial score (nSPS) is 11.7. The second-order valence-electron chi connectivity index (χ2n) is 7.31. The molecule has 0 spiro atoms. The van der Waals surface area contributed by atoms with Crippen molar-refractivity contribution in [2.24, 2.45) is 0 Å². The molecule has 162 valence electrons. The molecule has 0 aliphatic carbocycles. The smallest absolute Gasteiger partial charge is 0.242 e. The van der Waals surface area contributed by atoms with Crippen molar-refractivity contribution in [3.05, 3.63) is 70.2 Å². The standard InChI is InChI=1S/C24H31ClN2O2S/c1-4-13-26-24(29)22(5-2)27(15-20-11-6-7-12-21(20)25)23(28)17-30-16-19-10-8-9-18(3)14-19/h6-12,14,22H,4-5,13,15-17H2,1-3H3,(H,26,29)/t22-/m0/s1. The first-order valence-corrected chi connectivity index (χ1v) is 11.9. The molecule has 30 heavy (non-hydrogen) atoms. The number of thioether (sulfide) groups is 1. The largest absolute Gasteiger partial charge is 0.354 e. The number of carbonyl (C=O) groups excluding carboxylic acids is 2. The number of aryl methyl sites for hydroxylation is 1. The summed E-state index contributed by atoms with van der Waals surface area (Å²) in [7, 11) is 0. The zero-order valence-corrected chi connectivity index (χ0v) is 19.6. The second-order valence-corrected chi connectivity index (χ2v) is 8.70. The van der Waals surface area contributed by atoms with Crippen LogP contribution >= 0.6 is 23.4 Å². The molecule has 0 heterocycles. The topological polar surface area (TPSA) is 49.4 Å². The van der Waals surface area contributed by atoms with Crippen molar-refractivity contribution in [2.45, 2.75) is 52.0 Å². The van der Waals surface area contributed by atoms with Gasteiger partial charge < -0.3 is 10.2 Å². The maximum absolute atomic E-state index is 13.2. The highest BCUT2D eigenvalue weighted by Gasteiger charge is 2.28. The van der Waals surface area contributed by atoms with E-state index in [0.717, 1.165) is 17.7 Å². The van der Waals surface area contributed by atoms with E-state index in [2.05, 4.69) is 30.4 Å². The lowest BCUT2D eigenvalue weighted by atomic mass is 10.1. The Morgan fingerprint density at radius 1 is 1.13 bits per heavy atom. The number of rotatable bonds is 11. The molecular weight excluding hydrogens is 416 g/mol. The second kappa shape index (κ2) is 12.7. The fourth-order valence-electron chi connectivity index (χ4n) is 3.24. The van der Waals surface area contributed by atoms with Gasteiger partial charge in [0.05, 0.1) is 5.75 Å². The summed E-state index contributed by atoms with van der Waals surface area (Å²) in [6.45, 7) is 6.93. The fraction of sp³-hybridized carbons (Fsp3) is 0.417. The van der Waals surface area contributed by atoms with Gasteiger partial charge in [-0.1, -0.05) is 73.5 Å². The van der Waals surface area contributed by atoms with Crippen LogP contribution in [-0.2, 0) is 21.9 Å². The number of hydrogen-bond donors (Lipinski definition) is 1. The van der Waals surface area contributed by atoms with Crippen LogP contribution in [-0.4, -0.2) is 35.1 Å². The van der Waals surface area contributed by atoms with E-state index in [1.807, 2.05) is 44.2 Å². The van der Waals surface area contributed by atoms with Gasteiger partial charge in [0.1, 0.15) is 6.04 Å². The van der Waals surface area contributed by atoms with Crippen molar-refractivity contribution in [3.63, 3.8) is 0 Å². The summed E-state index contributed by atoms with van der Waals surface area (Å²) in [5.41, 5.74) is 3.24. The van der Waals surface area contributed by atoms with E-state index >= 15 is 0 Å². The number of halogens is 1. The third kappa shape index (κ3) is 7.37. The summed E-state index contributed by atoms with van der Waals surface area (Å²) in [5.74, 6) is 0.914. The van der Waals surface area contributed by atoms with E-state index in [4.69, 9.17) is 11.6 Å². The number of nitrogens with zero attached hydrogens (tertiary/aromatic N) is 1. The Bertz CT molecular complexity index is 843. The molecule has 2 amide bonds. The molecular formula is C24H31ClN2O2S. The van der Waals surface area contributed by atoms with Crippen LogP contribution in [0.2, 0.25) is 5.02 Å². The molecule has 0 aliphatic heterocycles. The molecule has 1 N–H and O–H groups in total. The lowest BCUT2D eigenvalue weighted by Gasteiger charge is -2.31. The van der Waals surface area contributed by atoms with Crippen LogP contribution in [0.5, 0.6) is 0 Å². The van der Waals surface area contributed by atoms with E-state index in [-0.39, 0.29) is 11.8 Å². The molecule has 0 aliphatic rings. The average Bonchev–Trinajstić information content (AvgIpc) is 2.73. The Kier molecular flexibility index (Phi) is 10.2. The number of amides is 2. The molecule has 4 nitrogen and oxygen atoms in total. The van der Waals surface area contributed by atoms with Crippen LogP contribution < -0.4 is 5.32 Å². The lowest BCUT2D eigenvalue weighted by Crippen LogP contribution is -2.49. The first-order chi connectivity index (χ1) is 14.5. The van der Waals surface area contributed by atoms with Gasteiger partial charge >= 0.3 is 0 Å². The molecule has 0 aromatic heterocycles. The van der Waals surface area contributed by atoms with Crippen LogP contribution in [0.3, 0.4) is 0 Å². The molecule has 6 heteroatoms. The monoisotopic (exact) mass is 446 g/mol. The minimum absolute atomic E-state index is 0.0499. The number of hydrogen-bond acceptors (Lipinski definition) is 3. The van der Waals surface area contributed by atoms with E-state index in [1.165, 1.54) is 11.1 Å². The molecule has 0 bridgehead atoms. The van der Waals surface area contributed by atoms with Crippen LogP contribution in [0.1, 0.15) is 43.4 Å². The Morgan fingerprint density at radius 3 is 2.57 bits per heavy atom. The first kappa shape index (κ1) is 24.3. The van der Waals surface area contributed by atoms with Crippen molar-refractivity contribution in [2.75, 3.05) is 12.3 Å². The van der Waals surface area contributed by atoms with Crippen molar-refractivity contribution in [1.29, 1.82) is 0 Å². The SMILES string of the molecule is CCCNC(=O)[C@H](CC)N(Cc1ccccc1Cl)C(=O)CSCc1cccc(C)c1. The quantitative estimate of drug-likeness (QED) is 0.515. The molecule has 0 saturated heterocycles. The van der Waals surface area contributed by atoms with Crippen molar-refractivity contribution in [3.8, 4) is 0 Å².